The van der Waals surface area contributed by atoms with E-state index in [0.29, 0.717) is 25.2 Å². The molecular formula is C13H18ClNO2. The predicted octanol–water partition coefficient (Wildman–Crippen LogP) is 2.09. The third kappa shape index (κ3) is 2.15. The Hall–Kier alpha value is -0.770. The van der Waals surface area contributed by atoms with Crippen molar-refractivity contribution in [3.8, 4) is 5.75 Å². The number of hydrogen-bond acceptors (Lipinski definition) is 3. The van der Waals surface area contributed by atoms with Crippen molar-refractivity contribution in [1.82, 2.24) is 5.32 Å². The lowest BCUT2D eigenvalue weighted by Gasteiger charge is -2.29. The molecular weight excluding hydrogens is 238 g/mol. The molecule has 0 bridgehead atoms. The molecule has 0 unspecified atom stereocenters. The third-order valence-corrected chi connectivity index (χ3v) is 3.47. The van der Waals surface area contributed by atoms with Crippen LogP contribution in [-0.2, 0) is 11.3 Å². The van der Waals surface area contributed by atoms with E-state index in [1.54, 1.807) is 0 Å². The Morgan fingerprint density at radius 2 is 2.29 bits per heavy atom. The minimum Gasteiger partial charge on any atom is -0.493 e. The molecule has 2 atom stereocenters. The van der Waals surface area contributed by atoms with Gasteiger partial charge in [-0.25, -0.2) is 0 Å². The number of fused-ring (bicyclic) bond motifs is 3. The molecule has 1 aromatic rings. The minimum absolute atomic E-state index is 0. The Morgan fingerprint density at radius 1 is 1.41 bits per heavy atom. The Morgan fingerprint density at radius 3 is 3.12 bits per heavy atom. The molecule has 0 spiro atoms. The van der Waals surface area contributed by atoms with Gasteiger partial charge in [0.25, 0.3) is 0 Å². The van der Waals surface area contributed by atoms with Crippen molar-refractivity contribution in [2.45, 2.75) is 25.6 Å². The number of benzene rings is 1. The van der Waals surface area contributed by atoms with Crippen LogP contribution in [0.2, 0.25) is 0 Å². The topological polar surface area (TPSA) is 30.5 Å². The smallest absolute Gasteiger partial charge is 0.125 e. The first kappa shape index (κ1) is 12.7. The van der Waals surface area contributed by atoms with Gasteiger partial charge in [0, 0.05) is 24.6 Å². The number of hydrogen-bond donors (Lipinski definition) is 1. The molecule has 0 amide bonds. The molecule has 3 nitrogen and oxygen atoms in total. The molecule has 17 heavy (non-hydrogen) atoms. The summed E-state index contributed by atoms with van der Waals surface area (Å²) in [6.07, 6.45) is 0.351. The van der Waals surface area contributed by atoms with Crippen LogP contribution in [-0.4, -0.2) is 25.8 Å². The van der Waals surface area contributed by atoms with Gasteiger partial charge >= 0.3 is 0 Å². The average molecular weight is 256 g/mol. The van der Waals surface area contributed by atoms with Crippen molar-refractivity contribution in [1.29, 1.82) is 0 Å². The van der Waals surface area contributed by atoms with Gasteiger partial charge in [0.2, 0.25) is 0 Å². The standard InChI is InChI=1S/C13H17NO2.ClH/c1-2-15-12-5-3-4-9-10-6-14-7-13(10)16-8-11(9)12;/h3-5,10,13-14H,2,6-8H2,1H3;1H/t10-,13-;/m0./s1. The van der Waals surface area contributed by atoms with Gasteiger partial charge in [-0.1, -0.05) is 12.1 Å². The second kappa shape index (κ2) is 5.25. The van der Waals surface area contributed by atoms with Gasteiger partial charge < -0.3 is 14.8 Å². The van der Waals surface area contributed by atoms with Crippen molar-refractivity contribution in [2.24, 2.45) is 0 Å². The first-order valence-electron chi connectivity index (χ1n) is 5.97. The van der Waals surface area contributed by atoms with Crippen LogP contribution in [0.3, 0.4) is 0 Å². The molecule has 1 aromatic carbocycles. The van der Waals surface area contributed by atoms with Gasteiger partial charge in [-0.2, -0.15) is 0 Å². The zero-order valence-electron chi connectivity index (χ0n) is 9.94. The summed E-state index contributed by atoms with van der Waals surface area (Å²) in [4.78, 5) is 0. The van der Waals surface area contributed by atoms with Crippen LogP contribution in [0.25, 0.3) is 0 Å². The molecule has 0 saturated carbocycles. The molecule has 1 N–H and O–H groups in total. The summed E-state index contributed by atoms with van der Waals surface area (Å²) >= 11 is 0. The monoisotopic (exact) mass is 255 g/mol. The molecule has 1 fully saturated rings. The van der Waals surface area contributed by atoms with E-state index >= 15 is 0 Å². The lowest BCUT2D eigenvalue weighted by molar-refractivity contribution is 0.0283. The molecule has 4 heteroatoms. The molecule has 2 aliphatic rings. The van der Waals surface area contributed by atoms with Crippen molar-refractivity contribution < 1.29 is 9.47 Å². The molecule has 3 rings (SSSR count). The van der Waals surface area contributed by atoms with Crippen LogP contribution in [0, 0.1) is 0 Å². The van der Waals surface area contributed by atoms with Gasteiger partial charge in [-0.3, -0.25) is 0 Å². The lowest BCUT2D eigenvalue weighted by atomic mass is 9.89. The minimum atomic E-state index is 0. The summed E-state index contributed by atoms with van der Waals surface area (Å²) in [5, 5.41) is 3.39. The van der Waals surface area contributed by atoms with Crippen LogP contribution in [0.5, 0.6) is 5.75 Å². The zero-order valence-corrected chi connectivity index (χ0v) is 10.8. The highest BCUT2D eigenvalue weighted by atomic mass is 35.5. The van der Waals surface area contributed by atoms with Gasteiger partial charge in [0.05, 0.1) is 19.3 Å². The van der Waals surface area contributed by atoms with Crippen LogP contribution >= 0.6 is 12.4 Å². The molecule has 2 aliphatic heterocycles. The maximum absolute atomic E-state index is 5.87. The maximum atomic E-state index is 5.87. The Labute approximate surface area is 108 Å². The van der Waals surface area contributed by atoms with Crippen molar-refractivity contribution in [3.05, 3.63) is 29.3 Å². The van der Waals surface area contributed by atoms with E-state index in [-0.39, 0.29) is 12.4 Å². The summed E-state index contributed by atoms with van der Waals surface area (Å²) in [5.74, 6) is 1.49. The zero-order chi connectivity index (χ0) is 11.0. The van der Waals surface area contributed by atoms with Crippen molar-refractivity contribution >= 4 is 12.4 Å². The molecule has 2 heterocycles. The Kier molecular flexibility index (Phi) is 3.92. The number of ether oxygens (including phenoxy) is 2. The van der Waals surface area contributed by atoms with E-state index in [4.69, 9.17) is 9.47 Å². The number of nitrogens with one attached hydrogen (secondary N) is 1. The fourth-order valence-corrected chi connectivity index (χ4v) is 2.71. The first-order valence-corrected chi connectivity index (χ1v) is 5.97. The van der Waals surface area contributed by atoms with E-state index in [1.165, 1.54) is 11.1 Å². The van der Waals surface area contributed by atoms with E-state index in [1.807, 2.05) is 13.0 Å². The van der Waals surface area contributed by atoms with E-state index in [9.17, 15) is 0 Å². The average Bonchev–Trinajstić information content (AvgIpc) is 2.78. The number of rotatable bonds is 2. The summed E-state index contributed by atoms with van der Waals surface area (Å²) in [6.45, 7) is 5.41. The van der Waals surface area contributed by atoms with Crippen LogP contribution in [0.1, 0.15) is 24.0 Å². The van der Waals surface area contributed by atoms with Gasteiger partial charge in [-0.15, -0.1) is 12.4 Å². The first-order chi connectivity index (χ1) is 7.90. The fourth-order valence-electron chi connectivity index (χ4n) is 2.71. The van der Waals surface area contributed by atoms with Crippen LogP contribution in [0.4, 0.5) is 0 Å². The van der Waals surface area contributed by atoms with E-state index in [0.717, 1.165) is 18.8 Å². The molecule has 0 aliphatic carbocycles. The van der Waals surface area contributed by atoms with Gasteiger partial charge in [0.15, 0.2) is 0 Å². The van der Waals surface area contributed by atoms with Crippen LogP contribution < -0.4 is 10.1 Å². The summed E-state index contributed by atoms with van der Waals surface area (Å²) in [5.41, 5.74) is 2.65. The summed E-state index contributed by atoms with van der Waals surface area (Å²) < 4.78 is 11.5. The van der Waals surface area contributed by atoms with Crippen molar-refractivity contribution in [2.75, 3.05) is 19.7 Å². The highest BCUT2D eigenvalue weighted by Gasteiger charge is 2.35. The maximum Gasteiger partial charge on any atom is 0.125 e. The highest BCUT2D eigenvalue weighted by molar-refractivity contribution is 5.85. The lowest BCUT2D eigenvalue weighted by Crippen LogP contribution is -2.27. The SMILES string of the molecule is CCOc1cccc2c1CO[C@H]1CNC[C@@H]21.Cl. The predicted molar refractivity (Wildman–Crippen MR) is 69.0 cm³/mol. The Balaban J connectivity index is 0.00000108. The van der Waals surface area contributed by atoms with Crippen molar-refractivity contribution in [3.63, 3.8) is 0 Å². The van der Waals surface area contributed by atoms with Crippen LogP contribution in [0.15, 0.2) is 18.2 Å². The third-order valence-electron chi connectivity index (χ3n) is 3.47. The number of halogens is 1. The largest absolute Gasteiger partial charge is 0.493 e. The summed E-state index contributed by atoms with van der Waals surface area (Å²) in [7, 11) is 0. The van der Waals surface area contributed by atoms with E-state index < -0.39 is 0 Å². The molecule has 0 radical (unpaired) electrons. The normalized spacial score (nSPS) is 25.7. The fraction of sp³-hybridized carbons (Fsp3) is 0.538. The second-order valence-electron chi connectivity index (χ2n) is 4.37. The van der Waals surface area contributed by atoms with Gasteiger partial charge in [-0.05, 0) is 18.6 Å². The van der Waals surface area contributed by atoms with Gasteiger partial charge in [0.1, 0.15) is 5.75 Å². The molecule has 1 saturated heterocycles. The summed E-state index contributed by atoms with van der Waals surface area (Å²) in [6, 6.07) is 6.34. The highest BCUT2D eigenvalue weighted by Crippen LogP contribution is 2.37. The van der Waals surface area contributed by atoms with E-state index in [2.05, 4.69) is 17.4 Å². The molecule has 94 valence electrons. The molecule has 0 aromatic heterocycles. The second-order valence-corrected chi connectivity index (χ2v) is 4.37. The Bertz CT molecular complexity index is 397. The quantitative estimate of drug-likeness (QED) is 0.878.